The highest BCUT2D eigenvalue weighted by atomic mass is 16.5. The van der Waals surface area contributed by atoms with Gasteiger partial charge in [0.2, 0.25) is 5.43 Å². The number of carbonyl (C=O) groups is 2. The molecule has 1 aliphatic heterocycles. The highest BCUT2D eigenvalue weighted by Gasteiger charge is 2.26. The summed E-state index contributed by atoms with van der Waals surface area (Å²) in [5, 5.41) is 0.368. The topological polar surface area (TPSA) is 81.5 Å². The number of amides is 1. The number of pyridine rings is 2. The first kappa shape index (κ1) is 20.0. The number of likely N-dealkylation sites (tertiary alicyclic amines) is 1. The molecule has 0 saturated carbocycles. The van der Waals surface area contributed by atoms with Crippen LogP contribution in [0.15, 0.2) is 23.1 Å². The Hall–Kier alpha value is -2.70. The summed E-state index contributed by atoms with van der Waals surface area (Å²) in [6, 6.07) is 3.41. The van der Waals surface area contributed by atoms with E-state index in [1.165, 1.54) is 6.20 Å². The van der Waals surface area contributed by atoms with Crippen molar-refractivity contribution in [2.24, 2.45) is 11.8 Å². The summed E-state index contributed by atoms with van der Waals surface area (Å²) in [6.45, 7) is 9.52. The fourth-order valence-corrected chi connectivity index (χ4v) is 3.91. The normalized spacial score (nSPS) is 19.6. The summed E-state index contributed by atoms with van der Waals surface area (Å²) in [5.41, 5.74) is 0.828. The molecule has 7 heteroatoms. The SMILES string of the molecule is CCn1cc(C(=O)OCC(=O)N2CC(C)CC(C)C2)c(=O)c2ccc(C)nc21. The summed E-state index contributed by atoms with van der Waals surface area (Å²) in [6.07, 6.45) is 2.56. The average molecular weight is 385 g/mol. The van der Waals surface area contributed by atoms with Crippen molar-refractivity contribution in [1.29, 1.82) is 0 Å². The number of nitrogens with zero attached hydrogens (tertiary/aromatic N) is 3. The van der Waals surface area contributed by atoms with Crippen LogP contribution in [0, 0.1) is 18.8 Å². The molecule has 2 aromatic rings. The van der Waals surface area contributed by atoms with Crippen LogP contribution < -0.4 is 5.43 Å². The van der Waals surface area contributed by atoms with Crippen LogP contribution in [0.2, 0.25) is 0 Å². The predicted molar refractivity (Wildman–Crippen MR) is 106 cm³/mol. The van der Waals surface area contributed by atoms with Crippen LogP contribution in [0.5, 0.6) is 0 Å². The van der Waals surface area contributed by atoms with E-state index in [4.69, 9.17) is 4.74 Å². The third-order valence-corrected chi connectivity index (χ3v) is 5.17. The summed E-state index contributed by atoms with van der Waals surface area (Å²) < 4.78 is 6.95. The van der Waals surface area contributed by atoms with Crippen molar-refractivity contribution in [3.05, 3.63) is 39.8 Å². The van der Waals surface area contributed by atoms with E-state index in [-0.39, 0.29) is 18.1 Å². The van der Waals surface area contributed by atoms with Gasteiger partial charge < -0.3 is 14.2 Å². The summed E-state index contributed by atoms with van der Waals surface area (Å²) in [4.78, 5) is 43.9. The minimum Gasteiger partial charge on any atom is -0.452 e. The highest BCUT2D eigenvalue weighted by molar-refractivity contribution is 5.94. The molecule has 0 N–H and O–H groups in total. The molecule has 3 heterocycles. The van der Waals surface area contributed by atoms with Crippen molar-refractivity contribution in [3.63, 3.8) is 0 Å². The Bertz CT molecular complexity index is 956. The minimum atomic E-state index is -0.777. The monoisotopic (exact) mass is 385 g/mol. The molecule has 1 saturated heterocycles. The molecule has 1 amide bonds. The Labute approximate surface area is 164 Å². The highest BCUT2D eigenvalue weighted by Crippen LogP contribution is 2.21. The maximum atomic E-state index is 12.7. The summed E-state index contributed by atoms with van der Waals surface area (Å²) in [7, 11) is 0. The van der Waals surface area contributed by atoms with Crippen LogP contribution in [0.3, 0.4) is 0 Å². The number of hydrogen-bond acceptors (Lipinski definition) is 5. The van der Waals surface area contributed by atoms with E-state index < -0.39 is 11.4 Å². The predicted octanol–water partition coefficient (Wildman–Crippen LogP) is 2.39. The van der Waals surface area contributed by atoms with E-state index in [2.05, 4.69) is 18.8 Å². The third-order valence-electron chi connectivity index (χ3n) is 5.17. The molecule has 0 aromatic carbocycles. The number of aryl methyl sites for hydroxylation is 2. The maximum Gasteiger partial charge on any atom is 0.344 e. The zero-order valence-corrected chi connectivity index (χ0v) is 16.9. The first-order valence-corrected chi connectivity index (χ1v) is 9.75. The average Bonchev–Trinajstić information content (AvgIpc) is 2.65. The molecule has 3 rings (SSSR count). The number of fused-ring (bicyclic) bond motifs is 1. The zero-order valence-electron chi connectivity index (χ0n) is 16.9. The van der Waals surface area contributed by atoms with Crippen LogP contribution in [0.1, 0.15) is 43.2 Å². The fraction of sp³-hybridized carbons (Fsp3) is 0.524. The van der Waals surface area contributed by atoms with Crippen LogP contribution >= 0.6 is 0 Å². The zero-order chi connectivity index (χ0) is 20.4. The van der Waals surface area contributed by atoms with Crippen molar-refractivity contribution in [2.75, 3.05) is 19.7 Å². The largest absolute Gasteiger partial charge is 0.452 e. The smallest absolute Gasteiger partial charge is 0.344 e. The number of esters is 1. The molecule has 1 aliphatic rings. The van der Waals surface area contributed by atoms with Gasteiger partial charge >= 0.3 is 5.97 Å². The van der Waals surface area contributed by atoms with Crippen molar-refractivity contribution in [2.45, 2.75) is 40.7 Å². The minimum absolute atomic E-state index is 0.0758. The van der Waals surface area contributed by atoms with E-state index >= 15 is 0 Å². The molecule has 2 atom stereocenters. The molecule has 150 valence electrons. The standard InChI is InChI=1S/C21H27N3O4/c1-5-23-11-17(19(26)16-7-6-15(4)22-20(16)23)21(27)28-12-18(25)24-9-13(2)8-14(3)10-24/h6-7,11,13-14H,5,8-10,12H2,1-4H3. The number of rotatable bonds is 4. The lowest BCUT2D eigenvalue weighted by Crippen LogP contribution is -2.44. The molecule has 7 nitrogen and oxygen atoms in total. The molecule has 0 spiro atoms. The summed E-state index contributed by atoms with van der Waals surface area (Å²) in [5.74, 6) is -0.144. The molecule has 0 bridgehead atoms. The van der Waals surface area contributed by atoms with Crippen LogP contribution in [-0.2, 0) is 16.1 Å². The second kappa shape index (κ2) is 8.12. The molecule has 1 fully saturated rings. The van der Waals surface area contributed by atoms with Gasteiger partial charge in [-0.05, 0) is 44.2 Å². The van der Waals surface area contributed by atoms with Gasteiger partial charge in [-0.25, -0.2) is 9.78 Å². The quantitative estimate of drug-likeness (QED) is 0.755. The Morgan fingerprint density at radius 1 is 1.21 bits per heavy atom. The number of aromatic nitrogens is 2. The first-order chi connectivity index (χ1) is 13.3. The van der Waals surface area contributed by atoms with Gasteiger partial charge in [0.1, 0.15) is 11.2 Å². The van der Waals surface area contributed by atoms with Gasteiger partial charge in [-0.15, -0.1) is 0 Å². The second-order valence-electron chi connectivity index (χ2n) is 7.80. The van der Waals surface area contributed by atoms with Gasteiger partial charge in [0, 0.05) is 31.5 Å². The Morgan fingerprint density at radius 3 is 2.54 bits per heavy atom. The molecule has 2 unspecified atom stereocenters. The van der Waals surface area contributed by atoms with Gasteiger partial charge in [0.25, 0.3) is 5.91 Å². The van der Waals surface area contributed by atoms with Crippen molar-refractivity contribution >= 4 is 22.9 Å². The number of carbonyl (C=O) groups excluding carboxylic acids is 2. The lowest BCUT2D eigenvalue weighted by atomic mass is 9.92. The molecule has 2 aromatic heterocycles. The van der Waals surface area contributed by atoms with Crippen molar-refractivity contribution < 1.29 is 14.3 Å². The van der Waals surface area contributed by atoms with Gasteiger partial charge in [0.15, 0.2) is 6.61 Å². The fourth-order valence-electron chi connectivity index (χ4n) is 3.91. The lowest BCUT2D eigenvalue weighted by molar-refractivity contribution is -0.137. The first-order valence-electron chi connectivity index (χ1n) is 9.75. The molecule has 0 radical (unpaired) electrons. The van der Waals surface area contributed by atoms with E-state index in [0.717, 1.165) is 12.1 Å². The molecular formula is C21H27N3O4. The molecular weight excluding hydrogens is 358 g/mol. The van der Waals surface area contributed by atoms with Crippen LogP contribution in [0.25, 0.3) is 11.0 Å². The van der Waals surface area contributed by atoms with E-state index in [1.54, 1.807) is 21.6 Å². The number of piperidine rings is 1. The number of hydrogen-bond donors (Lipinski definition) is 0. The third kappa shape index (κ3) is 4.08. The van der Waals surface area contributed by atoms with Crippen molar-refractivity contribution in [1.82, 2.24) is 14.5 Å². The van der Waals surface area contributed by atoms with E-state index in [0.29, 0.717) is 42.5 Å². The molecule has 28 heavy (non-hydrogen) atoms. The second-order valence-corrected chi connectivity index (χ2v) is 7.80. The van der Waals surface area contributed by atoms with Gasteiger partial charge in [-0.3, -0.25) is 9.59 Å². The lowest BCUT2D eigenvalue weighted by Gasteiger charge is -2.34. The number of ether oxygens (including phenoxy) is 1. The Morgan fingerprint density at radius 2 is 1.89 bits per heavy atom. The van der Waals surface area contributed by atoms with Crippen molar-refractivity contribution in [3.8, 4) is 0 Å². The molecule has 0 aliphatic carbocycles. The van der Waals surface area contributed by atoms with Crippen LogP contribution in [0.4, 0.5) is 0 Å². The van der Waals surface area contributed by atoms with Gasteiger partial charge in [-0.2, -0.15) is 0 Å². The van der Waals surface area contributed by atoms with Crippen LogP contribution in [-0.4, -0.2) is 46.0 Å². The van der Waals surface area contributed by atoms with Gasteiger partial charge in [0.05, 0.1) is 5.39 Å². The van der Waals surface area contributed by atoms with E-state index in [9.17, 15) is 14.4 Å². The maximum absolute atomic E-state index is 12.7. The van der Waals surface area contributed by atoms with E-state index in [1.807, 2.05) is 13.8 Å². The summed E-state index contributed by atoms with van der Waals surface area (Å²) >= 11 is 0. The Kier molecular flexibility index (Phi) is 5.82. The van der Waals surface area contributed by atoms with Gasteiger partial charge in [-0.1, -0.05) is 13.8 Å². The Balaban J connectivity index is 1.78.